The summed E-state index contributed by atoms with van der Waals surface area (Å²) in [5, 5.41) is 19.9. The monoisotopic (exact) mass is 283 g/mol. The summed E-state index contributed by atoms with van der Waals surface area (Å²) in [6.45, 7) is 2.23. The van der Waals surface area contributed by atoms with Crippen molar-refractivity contribution in [2.75, 3.05) is 5.32 Å². The summed E-state index contributed by atoms with van der Waals surface area (Å²) < 4.78 is 1.59. The Hall–Kier alpha value is -2.42. The number of hydrogen-bond acceptors (Lipinski definition) is 5. The molecule has 0 unspecified atom stereocenters. The zero-order valence-corrected chi connectivity index (χ0v) is 11.9. The minimum absolute atomic E-state index is 0.317. The molecule has 1 N–H and O–H groups in total. The van der Waals surface area contributed by atoms with E-state index in [1.807, 2.05) is 0 Å². The van der Waals surface area contributed by atoms with Gasteiger partial charge >= 0.3 is 0 Å². The maximum atomic E-state index is 10.7. The van der Waals surface area contributed by atoms with Crippen LogP contribution in [0.3, 0.4) is 0 Å². The SMILES string of the molecule is C[C@H]1CCCC[C@H]1Nc1c(C#N)cnn2cc(N=O)cc12. The Morgan fingerprint density at radius 1 is 1.48 bits per heavy atom. The predicted molar refractivity (Wildman–Crippen MR) is 80.4 cm³/mol. The van der Waals surface area contributed by atoms with Crippen LogP contribution in [-0.4, -0.2) is 15.7 Å². The fourth-order valence-electron chi connectivity index (χ4n) is 3.05. The number of rotatable bonds is 3. The fourth-order valence-corrected chi connectivity index (χ4v) is 3.05. The highest BCUT2D eigenvalue weighted by molar-refractivity contribution is 5.80. The second-order valence-electron chi connectivity index (χ2n) is 5.68. The van der Waals surface area contributed by atoms with Gasteiger partial charge in [0, 0.05) is 6.04 Å². The summed E-state index contributed by atoms with van der Waals surface area (Å²) in [5.41, 5.74) is 2.29. The number of anilines is 1. The van der Waals surface area contributed by atoms with Gasteiger partial charge in [-0.15, -0.1) is 4.91 Å². The van der Waals surface area contributed by atoms with E-state index in [1.165, 1.54) is 25.5 Å². The molecule has 2 atom stereocenters. The highest BCUT2D eigenvalue weighted by Gasteiger charge is 2.23. The van der Waals surface area contributed by atoms with Crippen LogP contribution < -0.4 is 5.32 Å². The molecule has 0 spiro atoms. The van der Waals surface area contributed by atoms with E-state index < -0.39 is 0 Å². The van der Waals surface area contributed by atoms with Crippen LogP contribution in [0.5, 0.6) is 0 Å². The van der Waals surface area contributed by atoms with Gasteiger partial charge in [-0.2, -0.15) is 10.4 Å². The van der Waals surface area contributed by atoms with Crippen molar-refractivity contribution in [3.63, 3.8) is 0 Å². The third-order valence-electron chi connectivity index (χ3n) is 4.29. The van der Waals surface area contributed by atoms with Crippen molar-refractivity contribution in [3.05, 3.63) is 28.9 Å². The van der Waals surface area contributed by atoms with E-state index in [2.05, 4.69) is 28.6 Å². The van der Waals surface area contributed by atoms with Gasteiger partial charge in [0.2, 0.25) is 0 Å². The standard InChI is InChI=1S/C15H17N5O/c1-10-4-2-3-5-13(10)18-15-11(7-16)8-17-20-9-12(19-21)6-14(15)20/h6,8-10,13,18H,2-5H2,1H3/t10-,13+/m0/s1. The molecule has 1 saturated carbocycles. The number of hydrogen-bond donors (Lipinski definition) is 1. The van der Waals surface area contributed by atoms with Crippen LogP contribution in [0.2, 0.25) is 0 Å². The first-order valence-electron chi connectivity index (χ1n) is 7.24. The summed E-state index contributed by atoms with van der Waals surface area (Å²) in [5.74, 6) is 0.567. The van der Waals surface area contributed by atoms with Crippen LogP contribution in [-0.2, 0) is 0 Å². The first-order valence-corrected chi connectivity index (χ1v) is 7.24. The first-order chi connectivity index (χ1) is 10.2. The lowest BCUT2D eigenvalue weighted by Crippen LogP contribution is -2.30. The Morgan fingerprint density at radius 2 is 2.29 bits per heavy atom. The molecule has 0 saturated heterocycles. The summed E-state index contributed by atoms with van der Waals surface area (Å²) in [6.07, 6.45) is 7.85. The van der Waals surface area contributed by atoms with Crippen LogP contribution in [0, 0.1) is 22.2 Å². The Bertz CT molecular complexity index is 715. The van der Waals surface area contributed by atoms with Crippen LogP contribution in [0.25, 0.3) is 5.52 Å². The van der Waals surface area contributed by atoms with Crippen molar-refractivity contribution in [1.29, 1.82) is 5.26 Å². The van der Waals surface area contributed by atoms with Crippen molar-refractivity contribution in [3.8, 4) is 6.07 Å². The first kappa shape index (κ1) is 13.6. The van der Waals surface area contributed by atoms with Gasteiger partial charge < -0.3 is 5.32 Å². The second-order valence-corrected chi connectivity index (χ2v) is 5.68. The molecule has 0 bridgehead atoms. The molecule has 2 aromatic rings. The van der Waals surface area contributed by atoms with Gasteiger partial charge in [-0.3, -0.25) is 0 Å². The van der Waals surface area contributed by atoms with Crippen LogP contribution in [0.4, 0.5) is 11.4 Å². The molecule has 0 radical (unpaired) electrons. The number of nitrogens with one attached hydrogen (secondary N) is 1. The summed E-state index contributed by atoms with van der Waals surface area (Å²) in [4.78, 5) is 10.7. The largest absolute Gasteiger partial charge is 0.379 e. The van der Waals surface area contributed by atoms with Gasteiger partial charge in [0.1, 0.15) is 11.8 Å². The van der Waals surface area contributed by atoms with E-state index in [-0.39, 0.29) is 0 Å². The van der Waals surface area contributed by atoms with E-state index >= 15 is 0 Å². The summed E-state index contributed by atoms with van der Waals surface area (Å²) in [6, 6.07) is 4.18. The average molecular weight is 283 g/mol. The van der Waals surface area contributed by atoms with Crippen molar-refractivity contribution in [1.82, 2.24) is 9.61 Å². The van der Waals surface area contributed by atoms with E-state index in [4.69, 9.17) is 0 Å². The zero-order valence-electron chi connectivity index (χ0n) is 11.9. The normalized spacial score (nSPS) is 21.9. The predicted octanol–water partition coefficient (Wildman–Crippen LogP) is 3.59. The molecule has 108 valence electrons. The topological polar surface area (TPSA) is 82.6 Å². The van der Waals surface area contributed by atoms with Gasteiger partial charge in [0.25, 0.3) is 0 Å². The molecular weight excluding hydrogens is 266 g/mol. The van der Waals surface area contributed by atoms with Gasteiger partial charge in [0.05, 0.1) is 29.2 Å². The molecule has 0 aliphatic heterocycles. The third-order valence-corrected chi connectivity index (χ3v) is 4.29. The Morgan fingerprint density at radius 3 is 3.00 bits per heavy atom. The quantitative estimate of drug-likeness (QED) is 0.872. The molecule has 3 rings (SSSR count). The molecule has 2 aromatic heterocycles. The van der Waals surface area contributed by atoms with Crippen molar-refractivity contribution >= 4 is 16.9 Å². The van der Waals surface area contributed by atoms with Crippen LogP contribution in [0.1, 0.15) is 38.2 Å². The second kappa shape index (κ2) is 5.52. The number of nitriles is 1. The van der Waals surface area contributed by atoms with Crippen LogP contribution >= 0.6 is 0 Å². The zero-order chi connectivity index (χ0) is 14.8. The van der Waals surface area contributed by atoms with E-state index in [0.717, 1.165) is 17.6 Å². The number of nitrogens with zero attached hydrogens (tertiary/aromatic N) is 4. The molecule has 0 amide bonds. The minimum Gasteiger partial charge on any atom is -0.379 e. The molecule has 1 aliphatic carbocycles. The molecule has 6 heteroatoms. The Labute approximate surface area is 122 Å². The molecule has 2 heterocycles. The highest BCUT2D eigenvalue weighted by atomic mass is 16.3. The van der Waals surface area contributed by atoms with E-state index in [9.17, 15) is 10.2 Å². The molecule has 1 fully saturated rings. The van der Waals surface area contributed by atoms with Gasteiger partial charge in [-0.05, 0) is 30.0 Å². The van der Waals surface area contributed by atoms with Gasteiger partial charge in [-0.25, -0.2) is 4.52 Å². The summed E-state index contributed by atoms with van der Waals surface area (Å²) >= 11 is 0. The average Bonchev–Trinajstić information content (AvgIpc) is 2.93. The molecule has 0 aromatic carbocycles. The Kier molecular flexibility index (Phi) is 3.57. The lowest BCUT2D eigenvalue weighted by Gasteiger charge is -2.30. The summed E-state index contributed by atoms with van der Waals surface area (Å²) in [7, 11) is 0. The third kappa shape index (κ3) is 2.47. The Balaban J connectivity index is 2.04. The maximum Gasteiger partial charge on any atom is 0.128 e. The van der Waals surface area contributed by atoms with Crippen molar-refractivity contribution in [2.24, 2.45) is 11.1 Å². The minimum atomic E-state index is 0.317. The fraction of sp³-hybridized carbons (Fsp3) is 0.467. The molecule has 6 nitrogen and oxygen atoms in total. The van der Waals surface area contributed by atoms with Crippen molar-refractivity contribution in [2.45, 2.75) is 38.6 Å². The lowest BCUT2D eigenvalue weighted by molar-refractivity contribution is 0.349. The van der Waals surface area contributed by atoms with Crippen molar-refractivity contribution < 1.29 is 0 Å². The lowest BCUT2D eigenvalue weighted by atomic mass is 9.85. The smallest absolute Gasteiger partial charge is 0.128 e. The van der Waals surface area contributed by atoms with Gasteiger partial charge in [0.15, 0.2) is 0 Å². The molecular formula is C15H17N5O. The molecule has 1 aliphatic rings. The molecule has 21 heavy (non-hydrogen) atoms. The highest BCUT2D eigenvalue weighted by Crippen LogP contribution is 2.31. The number of fused-ring (bicyclic) bond motifs is 1. The number of aromatic nitrogens is 2. The maximum absolute atomic E-state index is 10.7. The van der Waals surface area contributed by atoms with E-state index in [0.29, 0.717) is 23.2 Å². The number of nitroso groups, excluding NO2 is 1. The van der Waals surface area contributed by atoms with Gasteiger partial charge in [-0.1, -0.05) is 19.8 Å². The van der Waals surface area contributed by atoms with E-state index in [1.54, 1.807) is 16.8 Å². The van der Waals surface area contributed by atoms with Crippen LogP contribution in [0.15, 0.2) is 23.6 Å².